The molecule has 5 aromatic carbocycles. The van der Waals surface area contributed by atoms with Gasteiger partial charge in [-0.15, -0.1) is 0 Å². The summed E-state index contributed by atoms with van der Waals surface area (Å²) in [6.07, 6.45) is 0.917. The number of nitrogens with zero attached hydrogens (tertiary/aromatic N) is 1. The number of anilines is 1. The molecular formula is C35H33NO2P+. The Hall–Kier alpha value is -4.20. The van der Waals surface area contributed by atoms with E-state index in [9.17, 15) is 4.79 Å². The van der Waals surface area contributed by atoms with Crippen LogP contribution in [0.15, 0.2) is 140 Å². The molecule has 5 aromatic rings. The second-order valence-corrected chi connectivity index (χ2v) is 13.1. The van der Waals surface area contributed by atoms with Gasteiger partial charge in [-0.2, -0.15) is 0 Å². The van der Waals surface area contributed by atoms with E-state index in [-0.39, 0.29) is 5.91 Å². The van der Waals surface area contributed by atoms with Crippen molar-refractivity contribution in [3.63, 3.8) is 0 Å². The largest absolute Gasteiger partial charge is 0.497 e. The predicted octanol–water partition coefficient (Wildman–Crippen LogP) is 6.74. The first kappa shape index (κ1) is 26.4. The van der Waals surface area contributed by atoms with Crippen molar-refractivity contribution < 1.29 is 9.53 Å². The molecule has 0 bridgehead atoms. The zero-order valence-electron chi connectivity index (χ0n) is 22.4. The van der Waals surface area contributed by atoms with Gasteiger partial charge in [0.1, 0.15) is 28.9 Å². The molecular weight excluding hydrogens is 497 g/mol. The van der Waals surface area contributed by atoms with Crippen molar-refractivity contribution in [1.82, 2.24) is 0 Å². The van der Waals surface area contributed by atoms with Gasteiger partial charge in [-0.1, -0.05) is 78.9 Å². The summed E-state index contributed by atoms with van der Waals surface area (Å²) < 4.78 is 5.31. The first-order chi connectivity index (χ1) is 19.1. The highest BCUT2D eigenvalue weighted by Crippen LogP contribution is 2.58. The van der Waals surface area contributed by atoms with E-state index in [1.54, 1.807) is 14.0 Å². The predicted molar refractivity (Wildman–Crippen MR) is 165 cm³/mol. The molecule has 194 valence electrons. The van der Waals surface area contributed by atoms with Crippen molar-refractivity contribution in [2.75, 3.05) is 12.0 Å². The van der Waals surface area contributed by atoms with Crippen LogP contribution >= 0.6 is 7.26 Å². The van der Waals surface area contributed by atoms with Gasteiger partial charge in [-0.3, -0.25) is 4.79 Å². The monoisotopic (exact) mass is 530 g/mol. The lowest BCUT2D eigenvalue weighted by atomic mass is 10.2. The van der Waals surface area contributed by atoms with Crippen LogP contribution in [-0.4, -0.2) is 13.0 Å². The summed E-state index contributed by atoms with van der Waals surface area (Å²) >= 11 is 0. The topological polar surface area (TPSA) is 29.5 Å². The minimum atomic E-state index is -2.07. The molecule has 0 heterocycles. The molecule has 39 heavy (non-hydrogen) atoms. The number of rotatable bonds is 9. The van der Waals surface area contributed by atoms with Gasteiger partial charge in [0, 0.05) is 12.6 Å². The number of benzene rings is 5. The summed E-state index contributed by atoms with van der Waals surface area (Å²) in [5, 5.41) is 3.99. The molecule has 0 aromatic heterocycles. The van der Waals surface area contributed by atoms with E-state index in [2.05, 4.69) is 115 Å². The summed E-state index contributed by atoms with van der Waals surface area (Å²) in [6.45, 7) is 2.11. The maximum Gasteiger partial charge on any atom is 0.224 e. The van der Waals surface area contributed by atoms with Gasteiger partial charge < -0.3 is 9.64 Å². The fourth-order valence-corrected chi connectivity index (χ4v) is 9.45. The van der Waals surface area contributed by atoms with E-state index in [4.69, 9.17) is 4.74 Å². The number of carbonyl (C=O) groups is 1. The van der Waals surface area contributed by atoms with Crippen LogP contribution in [0.2, 0.25) is 0 Å². The molecule has 5 rings (SSSR count). The highest BCUT2D eigenvalue weighted by Gasteiger charge is 2.45. The second kappa shape index (κ2) is 12.1. The first-order valence-electron chi connectivity index (χ1n) is 13.1. The van der Waals surface area contributed by atoms with Crippen molar-refractivity contribution in [2.45, 2.75) is 19.6 Å². The number of hydrogen-bond acceptors (Lipinski definition) is 2. The highest BCUT2D eigenvalue weighted by atomic mass is 31.2. The van der Waals surface area contributed by atoms with Crippen LogP contribution in [0.5, 0.6) is 5.75 Å². The minimum Gasteiger partial charge on any atom is -0.497 e. The summed E-state index contributed by atoms with van der Waals surface area (Å²) in [6, 6.07) is 49.1. The Kier molecular flexibility index (Phi) is 8.20. The van der Waals surface area contributed by atoms with Gasteiger partial charge in [-0.05, 0) is 71.8 Å². The van der Waals surface area contributed by atoms with Crippen molar-refractivity contribution in [3.8, 4) is 5.75 Å². The molecule has 0 fully saturated rings. The first-order valence-corrected chi connectivity index (χ1v) is 15.1. The molecule has 0 aliphatic carbocycles. The number of amides is 1. The Morgan fingerprint density at radius 1 is 0.641 bits per heavy atom. The van der Waals surface area contributed by atoms with E-state index in [1.807, 2.05) is 29.2 Å². The summed E-state index contributed by atoms with van der Waals surface area (Å²) in [4.78, 5) is 14.6. The van der Waals surface area contributed by atoms with Crippen LogP contribution < -0.4 is 25.6 Å². The summed E-state index contributed by atoms with van der Waals surface area (Å²) in [5.41, 5.74) is 3.26. The molecule has 4 heteroatoms. The maximum absolute atomic E-state index is 12.8. The van der Waals surface area contributed by atoms with Gasteiger partial charge in [0.25, 0.3) is 0 Å². The standard InChI is InChI=1S/C35H33NO2P/c1-28(37)36(31-21-23-32(38-2)24-22-31)26-30-15-12-20-35(25-30)39(33-16-8-4-9-17-33,34-18-10-5-11-19-34)27-29-13-6-3-7-14-29/h3-25H,26-27H2,1-2H3/q+1. The van der Waals surface area contributed by atoms with Gasteiger partial charge in [0.2, 0.25) is 5.91 Å². The Morgan fingerprint density at radius 3 is 1.69 bits per heavy atom. The minimum absolute atomic E-state index is 0.00188. The Labute approximate surface area is 232 Å². The van der Waals surface area contributed by atoms with Gasteiger partial charge >= 0.3 is 0 Å². The van der Waals surface area contributed by atoms with E-state index >= 15 is 0 Å². The smallest absolute Gasteiger partial charge is 0.224 e. The number of carbonyl (C=O) groups excluding carboxylic acids is 1. The third-order valence-corrected chi connectivity index (χ3v) is 11.5. The molecule has 0 aliphatic heterocycles. The zero-order valence-corrected chi connectivity index (χ0v) is 23.3. The lowest BCUT2D eigenvalue weighted by Crippen LogP contribution is -2.33. The second-order valence-electron chi connectivity index (χ2n) is 9.60. The SMILES string of the molecule is COc1ccc(N(Cc2cccc([P+](Cc3ccccc3)(c3ccccc3)c3ccccc3)c2)C(C)=O)cc1. The van der Waals surface area contributed by atoms with E-state index in [0.717, 1.165) is 23.2 Å². The molecule has 0 unspecified atom stereocenters. The maximum atomic E-state index is 12.8. The van der Waals surface area contributed by atoms with Crippen LogP contribution in [0.1, 0.15) is 18.1 Å². The molecule has 0 atom stereocenters. The van der Waals surface area contributed by atoms with E-state index in [0.29, 0.717) is 6.54 Å². The van der Waals surface area contributed by atoms with Crippen molar-refractivity contribution >= 4 is 34.8 Å². The number of ether oxygens (including phenoxy) is 1. The molecule has 1 amide bonds. The molecule has 0 aliphatic rings. The van der Waals surface area contributed by atoms with E-state index in [1.165, 1.54) is 21.5 Å². The van der Waals surface area contributed by atoms with E-state index < -0.39 is 7.26 Å². The quantitative estimate of drug-likeness (QED) is 0.198. The lowest BCUT2D eigenvalue weighted by Gasteiger charge is -2.29. The number of methoxy groups -OCH3 is 1. The van der Waals surface area contributed by atoms with Crippen molar-refractivity contribution in [3.05, 3.63) is 151 Å². The summed E-state index contributed by atoms with van der Waals surface area (Å²) in [7, 11) is -0.426. The average Bonchev–Trinajstić information content (AvgIpc) is 3.00. The van der Waals surface area contributed by atoms with Crippen molar-refractivity contribution in [1.29, 1.82) is 0 Å². The number of hydrogen-bond donors (Lipinski definition) is 0. The van der Waals surface area contributed by atoms with Gasteiger partial charge in [0.15, 0.2) is 0 Å². The summed E-state index contributed by atoms with van der Waals surface area (Å²) in [5.74, 6) is 0.771. The molecule has 3 nitrogen and oxygen atoms in total. The third-order valence-electron chi connectivity index (χ3n) is 7.11. The van der Waals surface area contributed by atoms with Crippen LogP contribution in [-0.2, 0) is 17.5 Å². The third kappa shape index (κ3) is 5.79. The van der Waals surface area contributed by atoms with Crippen LogP contribution in [0, 0.1) is 0 Å². The fourth-order valence-electron chi connectivity index (χ4n) is 5.16. The Morgan fingerprint density at radius 2 is 1.15 bits per heavy atom. The normalized spacial score (nSPS) is 11.1. The zero-order chi connectivity index (χ0) is 27.1. The van der Waals surface area contributed by atoms with Gasteiger partial charge in [-0.25, -0.2) is 0 Å². The van der Waals surface area contributed by atoms with Crippen LogP contribution in [0.3, 0.4) is 0 Å². The van der Waals surface area contributed by atoms with Crippen molar-refractivity contribution in [2.24, 2.45) is 0 Å². The Bertz CT molecular complexity index is 1460. The molecule has 0 N–H and O–H groups in total. The average molecular weight is 531 g/mol. The molecule has 0 saturated carbocycles. The van der Waals surface area contributed by atoms with Crippen LogP contribution in [0.25, 0.3) is 0 Å². The highest BCUT2D eigenvalue weighted by molar-refractivity contribution is 7.95. The fraction of sp³-hybridized carbons (Fsp3) is 0.114. The molecule has 0 radical (unpaired) electrons. The lowest BCUT2D eigenvalue weighted by molar-refractivity contribution is -0.116. The van der Waals surface area contributed by atoms with Gasteiger partial charge in [0.05, 0.1) is 19.8 Å². The molecule has 0 spiro atoms. The Balaban J connectivity index is 1.63. The molecule has 0 saturated heterocycles. The van der Waals surface area contributed by atoms with Crippen LogP contribution in [0.4, 0.5) is 5.69 Å².